The molecule has 15 heavy (non-hydrogen) atoms. The van der Waals surface area contributed by atoms with Gasteiger partial charge in [-0.05, 0) is 12.0 Å². The largest absolute Gasteiger partial charge is 0.329 e. The van der Waals surface area contributed by atoms with E-state index >= 15 is 0 Å². The van der Waals surface area contributed by atoms with Gasteiger partial charge in [-0.1, -0.05) is 13.8 Å². The van der Waals surface area contributed by atoms with Gasteiger partial charge in [-0.3, -0.25) is 5.10 Å². The number of nitrogens with one attached hydrogen (secondary N) is 2. The molecule has 0 saturated carbocycles. The molecule has 0 aliphatic rings. The number of nitrogens with two attached hydrogens (primary N) is 1. The Morgan fingerprint density at radius 1 is 1.60 bits per heavy atom. The Labute approximate surface area is 89.3 Å². The van der Waals surface area contributed by atoms with Crippen LogP contribution >= 0.6 is 0 Å². The Morgan fingerprint density at radius 3 is 2.67 bits per heavy atom. The molecule has 1 atom stereocenters. The summed E-state index contributed by atoms with van der Waals surface area (Å²) in [6, 6.07) is 1.13. The second kappa shape index (κ2) is 4.73. The maximum Gasteiger partial charge on any atom is 0.257 e. The van der Waals surface area contributed by atoms with Crippen LogP contribution in [0.4, 0.5) is 0 Å². The average Bonchev–Trinajstić information content (AvgIpc) is 2.67. The summed E-state index contributed by atoms with van der Waals surface area (Å²) in [4.78, 5) is 0. The second-order valence-corrected chi connectivity index (χ2v) is 5.31. The highest BCUT2D eigenvalue weighted by molar-refractivity contribution is 7.89. The molecule has 1 aromatic rings. The van der Waals surface area contributed by atoms with Crippen LogP contribution in [-0.2, 0) is 10.0 Å². The zero-order chi connectivity index (χ0) is 11.5. The van der Waals surface area contributed by atoms with Gasteiger partial charge in [0.1, 0.15) is 0 Å². The predicted octanol–water partition coefficient (Wildman–Crippen LogP) is -0.329. The van der Waals surface area contributed by atoms with Crippen LogP contribution in [0.15, 0.2) is 17.3 Å². The zero-order valence-electron chi connectivity index (χ0n) is 8.77. The molecule has 4 N–H and O–H groups in total. The molecule has 0 spiro atoms. The quantitative estimate of drug-likeness (QED) is 0.647. The van der Waals surface area contributed by atoms with Crippen LogP contribution in [0.2, 0.25) is 0 Å². The predicted molar refractivity (Wildman–Crippen MR) is 56.6 cm³/mol. The molecule has 0 bridgehead atoms. The van der Waals surface area contributed by atoms with E-state index < -0.39 is 10.0 Å². The minimum atomic E-state index is -3.52. The van der Waals surface area contributed by atoms with Crippen molar-refractivity contribution in [1.82, 2.24) is 14.9 Å². The van der Waals surface area contributed by atoms with Gasteiger partial charge in [-0.25, -0.2) is 13.1 Å². The third kappa shape index (κ3) is 3.01. The number of nitrogens with zero attached hydrogens (tertiary/aromatic N) is 1. The zero-order valence-corrected chi connectivity index (χ0v) is 9.58. The van der Waals surface area contributed by atoms with E-state index in [0.717, 1.165) is 0 Å². The normalized spacial score (nSPS) is 14.4. The molecule has 0 amide bonds. The Balaban J connectivity index is 2.81. The number of sulfonamides is 1. The Bertz CT molecular complexity index is 385. The smallest absolute Gasteiger partial charge is 0.257 e. The van der Waals surface area contributed by atoms with E-state index in [-0.39, 0.29) is 23.5 Å². The first-order chi connectivity index (χ1) is 6.97. The van der Waals surface area contributed by atoms with Gasteiger partial charge in [0.2, 0.25) is 0 Å². The maximum absolute atomic E-state index is 11.7. The lowest BCUT2D eigenvalue weighted by molar-refractivity contribution is 0.454. The fraction of sp³-hybridized carbons (Fsp3) is 0.625. The third-order valence-electron chi connectivity index (χ3n) is 2.13. The summed E-state index contributed by atoms with van der Waals surface area (Å²) < 4.78 is 26.0. The summed E-state index contributed by atoms with van der Waals surface area (Å²) in [5.41, 5.74) is 5.48. The summed E-state index contributed by atoms with van der Waals surface area (Å²) in [5.74, 6) is 0.146. The molecular formula is C8H16N4O2S. The van der Waals surface area contributed by atoms with Gasteiger partial charge in [-0.2, -0.15) is 5.10 Å². The molecule has 1 rings (SSSR count). The molecule has 0 fully saturated rings. The van der Waals surface area contributed by atoms with Crippen molar-refractivity contribution in [2.24, 2.45) is 11.7 Å². The monoisotopic (exact) mass is 232 g/mol. The molecule has 0 aliphatic carbocycles. The molecule has 6 nitrogen and oxygen atoms in total. The first kappa shape index (κ1) is 12.2. The number of H-pyrrole nitrogens is 1. The topological polar surface area (TPSA) is 101 Å². The molecule has 0 aromatic carbocycles. The summed E-state index contributed by atoms with van der Waals surface area (Å²) >= 11 is 0. The van der Waals surface area contributed by atoms with Gasteiger partial charge in [0.05, 0.1) is 6.20 Å². The van der Waals surface area contributed by atoms with Crippen molar-refractivity contribution in [3.8, 4) is 0 Å². The average molecular weight is 232 g/mol. The molecular weight excluding hydrogens is 216 g/mol. The van der Waals surface area contributed by atoms with E-state index in [0.29, 0.717) is 0 Å². The van der Waals surface area contributed by atoms with Gasteiger partial charge in [0.25, 0.3) is 10.0 Å². The van der Waals surface area contributed by atoms with E-state index in [2.05, 4.69) is 14.9 Å². The molecule has 1 aromatic heterocycles. The molecule has 0 saturated heterocycles. The van der Waals surface area contributed by atoms with E-state index in [9.17, 15) is 8.42 Å². The van der Waals surface area contributed by atoms with E-state index in [1.807, 2.05) is 13.8 Å². The van der Waals surface area contributed by atoms with Crippen LogP contribution in [-0.4, -0.2) is 31.2 Å². The van der Waals surface area contributed by atoms with Crippen molar-refractivity contribution in [3.05, 3.63) is 12.3 Å². The fourth-order valence-corrected chi connectivity index (χ4v) is 2.42. The van der Waals surface area contributed by atoms with Crippen LogP contribution in [0.1, 0.15) is 13.8 Å². The van der Waals surface area contributed by atoms with Crippen LogP contribution < -0.4 is 10.5 Å². The highest BCUT2D eigenvalue weighted by Gasteiger charge is 2.22. The van der Waals surface area contributed by atoms with Crippen molar-refractivity contribution in [3.63, 3.8) is 0 Å². The highest BCUT2D eigenvalue weighted by atomic mass is 32.2. The van der Waals surface area contributed by atoms with Gasteiger partial charge >= 0.3 is 0 Å². The molecule has 1 unspecified atom stereocenters. The number of aromatic nitrogens is 2. The number of hydrogen-bond acceptors (Lipinski definition) is 4. The lowest BCUT2D eigenvalue weighted by Crippen LogP contribution is -2.43. The Hall–Kier alpha value is -0.920. The number of hydrogen-bond donors (Lipinski definition) is 3. The lowest BCUT2D eigenvalue weighted by Gasteiger charge is -2.19. The summed E-state index contributed by atoms with van der Waals surface area (Å²) in [7, 11) is -3.52. The number of aromatic amines is 1. The van der Waals surface area contributed by atoms with Gasteiger partial charge < -0.3 is 5.73 Å². The van der Waals surface area contributed by atoms with Crippen molar-refractivity contribution < 1.29 is 8.42 Å². The Morgan fingerprint density at radius 2 is 2.27 bits per heavy atom. The van der Waals surface area contributed by atoms with Crippen molar-refractivity contribution in [2.75, 3.05) is 6.54 Å². The summed E-state index contributed by atoms with van der Waals surface area (Å²) in [6.07, 6.45) is 1.39. The van der Waals surface area contributed by atoms with Crippen LogP contribution in [0.5, 0.6) is 0 Å². The van der Waals surface area contributed by atoms with E-state index in [1.54, 1.807) is 0 Å². The second-order valence-electron chi connectivity index (χ2n) is 3.63. The Kier molecular flexibility index (Phi) is 3.83. The SMILES string of the molecule is CC(C)C(CN)NS(=O)(=O)c1ccn[nH]1. The first-order valence-electron chi connectivity index (χ1n) is 4.69. The van der Waals surface area contributed by atoms with Gasteiger partial charge in [0, 0.05) is 12.6 Å². The van der Waals surface area contributed by atoms with Crippen molar-refractivity contribution in [2.45, 2.75) is 24.9 Å². The standard InChI is InChI=1S/C8H16N4O2S/c1-6(2)7(5-9)12-15(13,14)8-3-4-10-11-8/h3-4,6-7,12H,5,9H2,1-2H3,(H,10,11). The third-order valence-corrected chi connectivity index (χ3v) is 3.55. The fourth-order valence-electron chi connectivity index (χ4n) is 1.11. The molecule has 0 aliphatic heterocycles. The number of rotatable bonds is 5. The first-order valence-corrected chi connectivity index (χ1v) is 6.17. The summed E-state index contributed by atoms with van der Waals surface area (Å²) in [5, 5.41) is 6.05. The summed E-state index contributed by atoms with van der Waals surface area (Å²) in [6.45, 7) is 4.09. The lowest BCUT2D eigenvalue weighted by atomic mass is 10.1. The van der Waals surface area contributed by atoms with Gasteiger partial charge in [-0.15, -0.1) is 0 Å². The minimum Gasteiger partial charge on any atom is -0.329 e. The van der Waals surface area contributed by atoms with Crippen molar-refractivity contribution >= 4 is 10.0 Å². The van der Waals surface area contributed by atoms with Crippen LogP contribution in [0.3, 0.4) is 0 Å². The van der Waals surface area contributed by atoms with Crippen molar-refractivity contribution in [1.29, 1.82) is 0 Å². The van der Waals surface area contributed by atoms with Crippen LogP contribution in [0, 0.1) is 5.92 Å². The van der Waals surface area contributed by atoms with E-state index in [4.69, 9.17) is 5.73 Å². The van der Waals surface area contributed by atoms with Crippen LogP contribution in [0.25, 0.3) is 0 Å². The van der Waals surface area contributed by atoms with E-state index in [1.165, 1.54) is 12.3 Å². The molecule has 86 valence electrons. The minimum absolute atomic E-state index is 0.0570. The molecule has 7 heteroatoms. The molecule has 1 heterocycles. The maximum atomic E-state index is 11.7. The van der Waals surface area contributed by atoms with Gasteiger partial charge in [0.15, 0.2) is 5.03 Å². The molecule has 0 radical (unpaired) electrons. The highest BCUT2D eigenvalue weighted by Crippen LogP contribution is 2.07.